The topological polar surface area (TPSA) is 71.0 Å². The van der Waals surface area contributed by atoms with E-state index in [0.29, 0.717) is 24.6 Å². The van der Waals surface area contributed by atoms with Gasteiger partial charge in [0.15, 0.2) is 0 Å². The number of anilines is 1. The summed E-state index contributed by atoms with van der Waals surface area (Å²) in [5.41, 5.74) is 0.706. The SMILES string of the molecule is COc1cccc(NC(=O)N2CCCC(OCCO)C2)c1. The van der Waals surface area contributed by atoms with Gasteiger partial charge in [-0.05, 0) is 25.0 Å². The lowest BCUT2D eigenvalue weighted by Gasteiger charge is -2.32. The number of ether oxygens (including phenoxy) is 2. The van der Waals surface area contributed by atoms with Gasteiger partial charge in [-0.15, -0.1) is 0 Å². The van der Waals surface area contributed by atoms with E-state index in [1.54, 1.807) is 18.1 Å². The van der Waals surface area contributed by atoms with Gasteiger partial charge in [0.1, 0.15) is 5.75 Å². The summed E-state index contributed by atoms with van der Waals surface area (Å²) in [6.45, 7) is 1.59. The summed E-state index contributed by atoms with van der Waals surface area (Å²) >= 11 is 0. The Bertz CT molecular complexity index is 467. The molecule has 1 aliphatic heterocycles. The predicted molar refractivity (Wildman–Crippen MR) is 79.6 cm³/mol. The molecule has 0 aromatic heterocycles. The molecule has 21 heavy (non-hydrogen) atoms. The van der Waals surface area contributed by atoms with E-state index in [9.17, 15) is 4.79 Å². The fraction of sp³-hybridized carbons (Fsp3) is 0.533. The highest BCUT2D eigenvalue weighted by Crippen LogP contribution is 2.19. The quantitative estimate of drug-likeness (QED) is 0.867. The van der Waals surface area contributed by atoms with Gasteiger partial charge in [0.25, 0.3) is 0 Å². The summed E-state index contributed by atoms with van der Waals surface area (Å²) in [5, 5.41) is 11.7. The number of amides is 2. The van der Waals surface area contributed by atoms with E-state index in [1.807, 2.05) is 18.2 Å². The molecular formula is C15H22N2O4. The predicted octanol–water partition coefficient (Wildman–Crippen LogP) is 1.70. The lowest BCUT2D eigenvalue weighted by Crippen LogP contribution is -2.45. The molecule has 1 saturated heterocycles. The number of aliphatic hydroxyl groups excluding tert-OH is 1. The molecule has 2 rings (SSSR count). The number of carbonyl (C=O) groups excluding carboxylic acids is 1. The van der Waals surface area contributed by atoms with Crippen molar-refractivity contribution in [2.45, 2.75) is 18.9 Å². The second kappa shape index (κ2) is 7.85. The number of hydrogen-bond acceptors (Lipinski definition) is 4. The van der Waals surface area contributed by atoms with Crippen molar-refractivity contribution in [3.63, 3.8) is 0 Å². The van der Waals surface area contributed by atoms with Gasteiger partial charge in [0.2, 0.25) is 0 Å². The van der Waals surface area contributed by atoms with Crippen LogP contribution in [0.25, 0.3) is 0 Å². The van der Waals surface area contributed by atoms with Crippen molar-refractivity contribution >= 4 is 11.7 Å². The molecule has 1 aromatic carbocycles. The fourth-order valence-corrected chi connectivity index (χ4v) is 2.38. The first-order valence-corrected chi connectivity index (χ1v) is 7.15. The minimum absolute atomic E-state index is 0.00181. The number of hydrogen-bond donors (Lipinski definition) is 2. The summed E-state index contributed by atoms with van der Waals surface area (Å²) in [7, 11) is 1.59. The average molecular weight is 294 g/mol. The Morgan fingerprint density at radius 3 is 3.14 bits per heavy atom. The number of nitrogens with zero attached hydrogens (tertiary/aromatic N) is 1. The van der Waals surface area contributed by atoms with E-state index in [4.69, 9.17) is 14.6 Å². The highest BCUT2D eigenvalue weighted by Gasteiger charge is 2.24. The van der Waals surface area contributed by atoms with Gasteiger partial charge in [0, 0.05) is 24.8 Å². The summed E-state index contributed by atoms with van der Waals surface area (Å²) in [6, 6.07) is 7.12. The number of methoxy groups -OCH3 is 1. The maximum atomic E-state index is 12.3. The Morgan fingerprint density at radius 2 is 2.38 bits per heavy atom. The maximum Gasteiger partial charge on any atom is 0.321 e. The third-order valence-corrected chi connectivity index (χ3v) is 3.43. The molecule has 1 aromatic rings. The molecule has 0 spiro atoms. The number of piperidine rings is 1. The van der Waals surface area contributed by atoms with Crippen LogP contribution in [0.1, 0.15) is 12.8 Å². The fourth-order valence-electron chi connectivity index (χ4n) is 2.38. The van der Waals surface area contributed by atoms with Crippen LogP contribution >= 0.6 is 0 Å². The van der Waals surface area contributed by atoms with Crippen molar-refractivity contribution in [2.24, 2.45) is 0 Å². The van der Waals surface area contributed by atoms with Gasteiger partial charge < -0.3 is 24.8 Å². The smallest absolute Gasteiger partial charge is 0.321 e. The van der Waals surface area contributed by atoms with Crippen LogP contribution in [0.4, 0.5) is 10.5 Å². The summed E-state index contributed by atoms with van der Waals surface area (Å²) in [5.74, 6) is 0.704. The Morgan fingerprint density at radius 1 is 1.52 bits per heavy atom. The number of benzene rings is 1. The molecule has 0 radical (unpaired) electrons. The van der Waals surface area contributed by atoms with E-state index >= 15 is 0 Å². The van der Waals surface area contributed by atoms with Crippen LogP contribution in [0.3, 0.4) is 0 Å². The molecule has 2 amide bonds. The van der Waals surface area contributed by atoms with Gasteiger partial charge in [-0.25, -0.2) is 4.79 Å². The van der Waals surface area contributed by atoms with E-state index in [0.717, 1.165) is 19.4 Å². The lowest BCUT2D eigenvalue weighted by atomic mass is 10.1. The van der Waals surface area contributed by atoms with Gasteiger partial charge in [-0.1, -0.05) is 6.07 Å². The van der Waals surface area contributed by atoms with E-state index < -0.39 is 0 Å². The Hall–Kier alpha value is -1.79. The first-order valence-electron chi connectivity index (χ1n) is 7.15. The minimum atomic E-state index is -0.138. The van der Waals surface area contributed by atoms with Crippen LogP contribution in [-0.2, 0) is 4.74 Å². The van der Waals surface area contributed by atoms with Crippen LogP contribution in [0.5, 0.6) is 5.75 Å². The van der Waals surface area contributed by atoms with Crippen LogP contribution in [-0.4, -0.2) is 55.6 Å². The summed E-state index contributed by atoms with van der Waals surface area (Å²) < 4.78 is 10.6. The number of carbonyl (C=O) groups is 1. The molecule has 0 saturated carbocycles. The molecular weight excluding hydrogens is 272 g/mol. The number of nitrogens with one attached hydrogen (secondary N) is 1. The molecule has 1 fully saturated rings. The normalized spacial score (nSPS) is 18.4. The maximum absolute atomic E-state index is 12.3. The van der Waals surface area contributed by atoms with Crippen LogP contribution < -0.4 is 10.1 Å². The number of rotatable bonds is 5. The van der Waals surface area contributed by atoms with E-state index in [1.165, 1.54) is 0 Å². The zero-order valence-electron chi connectivity index (χ0n) is 12.2. The number of urea groups is 1. The molecule has 2 N–H and O–H groups in total. The summed E-state index contributed by atoms with van der Waals surface area (Å²) in [4.78, 5) is 14.0. The highest BCUT2D eigenvalue weighted by molar-refractivity contribution is 5.89. The molecule has 1 unspecified atom stereocenters. The number of aliphatic hydroxyl groups is 1. The number of likely N-dealkylation sites (tertiary alicyclic amines) is 1. The Labute approximate surface area is 124 Å². The monoisotopic (exact) mass is 294 g/mol. The minimum Gasteiger partial charge on any atom is -0.497 e. The first kappa shape index (κ1) is 15.6. The van der Waals surface area contributed by atoms with Crippen LogP contribution in [0.2, 0.25) is 0 Å². The average Bonchev–Trinajstić information content (AvgIpc) is 2.53. The highest BCUT2D eigenvalue weighted by atomic mass is 16.5. The molecule has 1 heterocycles. The zero-order chi connectivity index (χ0) is 15.1. The van der Waals surface area contributed by atoms with Gasteiger partial charge in [-0.3, -0.25) is 0 Å². The molecule has 6 nitrogen and oxygen atoms in total. The van der Waals surface area contributed by atoms with Gasteiger partial charge in [-0.2, -0.15) is 0 Å². The van der Waals surface area contributed by atoms with Crippen molar-refractivity contribution in [3.05, 3.63) is 24.3 Å². The van der Waals surface area contributed by atoms with Crippen LogP contribution in [0, 0.1) is 0 Å². The van der Waals surface area contributed by atoms with E-state index in [-0.39, 0.29) is 18.7 Å². The van der Waals surface area contributed by atoms with Gasteiger partial charge >= 0.3 is 6.03 Å². The standard InChI is InChI=1S/C15H22N2O4/c1-20-13-5-2-4-12(10-13)16-15(19)17-7-3-6-14(11-17)21-9-8-18/h2,4-5,10,14,18H,3,6-9,11H2,1H3,(H,16,19). The molecule has 116 valence electrons. The Balaban J connectivity index is 1.89. The first-order chi connectivity index (χ1) is 10.2. The zero-order valence-corrected chi connectivity index (χ0v) is 12.2. The van der Waals surface area contributed by atoms with Crippen LogP contribution in [0.15, 0.2) is 24.3 Å². The van der Waals surface area contributed by atoms with Crippen molar-refractivity contribution in [3.8, 4) is 5.75 Å². The van der Waals surface area contributed by atoms with Crippen molar-refractivity contribution in [1.29, 1.82) is 0 Å². The Kier molecular flexibility index (Phi) is 5.83. The second-order valence-electron chi connectivity index (χ2n) is 4.97. The van der Waals surface area contributed by atoms with Crippen molar-refractivity contribution in [1.82, 2.24) is 4.90 Å². The lowest BCUT2D eigenvalue weighted by molar-refractivity contribution is -0.00462. The van der Waals surface area contributed by atoms with E-state index in [2.05, 4.69) is 5.32 Å². The van der Waals surface area contributed by atoms with Crippen molar-refractivity contribution < 1.29 is 19.4 Å². The molecule has 0 bridgehead atoms. The molecule has 6 heteroatoms. The van der Waals surface area contributed by atoms with Crippen molar-refractivity contribution in [2.75, 3.05) is 38.7 Å². The largest absolute Gasteiger partial charge is 0.497 e. The summed E-state index contributed by atoms with van der Waals surface area (Å²) in [6.07, 6.45) is 1.83. The third kappa shape index (κ3) is 4.61. The van der Waals surface area contributed by atoms with Gasteiger partial charge in [0.05, 0.1) is 26.4 Å². The molecule has 1 aliphatic rings. The third-order valence-electron chi connectivity index (χ3n) is 3.43. The molecule has 0 aliphatic carbocycles. The second-order valence-corrected chi connectivity index (χ2v) is 4.97. The molecule has 1 atom stereocenters.